The number of benzene rings is 1. The molecule has 1 amide bonds. The fraction of sp³-hybridized carbons (Fsp3) is 0.111. The Morgan fingerprint density at radius 1 is 1.08 bits per heavy atom. The predicted molar refractivity (Wildman–Crippen MR) is 95.0 cm³/mol. The molecule has 1 aromatic carbocycles. The molecule has 0 atom stereocenters. The van der Waals surface area contributed by atoms with Crippen LogP contribution in [0.2, 0.25) is 5.02 Å². The molecule has 0 aliphatic carbocycles. The molecule has 1 N–H and O–H groups in total. The third-order valence-corrected chi connectivity index (χ3v) is 3.83. The van der Waals surface area contributed by atoms with Crippen molar-refractivity contribution >= 4 is 17.5 Å². The number of rotatable bonds is 5. The summed E-state index contributed by atoms with van der Waals surface area (Å²) in [5, 5.41) is 7.49. The normalized spacial score (nSPS) is 10.4. The van der Waals surface area contributed by atoms with Crippen LogP contribution in [0.3, 0.4) is 0 Å². The Bertz CT molecular complexity index is 941. The van der Waals surface area contributed by atoms with Gasteiger partial charge in [-0.3, -0.25) is 14.6 Å². The van der Waals surface area contributed by atoms with Crippen molar-refractivity contribution in [1.82, 2.24) is 20.1 Å². The first-order chi connectivity index (χ1) is 12.1. The van der Waals surface area contributed by atoms with Crippen molar-refractivity contribution in [2.24, 2.45) is 0 Å². The molecule has 0 fully saturated rings. The highest BCUT2D eigenvalue weighted by atomic mass is 35.5. The van der Waals surface area contributed by atoms with Crippen molar-refractivity contribution in [3.63, 3.8) is 0 Å². The Kier molecular flexibility index (Phi) is 5.20. The van der Waals surface area contributed by atoms with Gasteiger partial charge in [-0.2, -0.15) is 5.10 Å². The highest BCUT2D eigenvalue weighted by Gasteiger charge is 2.10. The fourth-order valence-corrected chi connectivity index (χ4v) is 2.49. The first kappa shape index (κ1) is 16.9. The maximum atomic E-state index is 12.1. The first-order valence-electron chi connectivity index (χ1n) is 7.63. The number of nitrogens with one attached hydrogen (secondary N) is 1. The lowest BCUT2D eigenvalue weighted by Crippen LogP contribution is -2.33. The second kappa shape index (κ2) is 7.72. The molecule has 0 aliphatic heterocycles. The molecule has 25 heavy (non-hydrogen) atoms. The molecule has 2 heterocycles. The Morgan fingerprint density at radius 2 is 1.88 bits per heavy atom. The summed E-state index contributed by atoms with van der Waals surface area (Å²) in [6.07, 6.45) is 1.65. The minimum atomic E-state index is -0.358. The van der Waals surface area contributed by atoms with Crippen LogP contribution in [-0.4, -0.2) is 20.7 Å². The topological polar surface area (TPSA) is 76.9 Å². The second-order valence-electron chi connectivity index (χ2n) is 5.29. The molecule has 0 saturated carbocycles. The van der Waals surface area contributed by atoms with Gasteiger partial charge in [0, 0.05) is 17.8 Å². The molecule has 0 bridgehead atoms. The van der Waals surface area contributed by atoms with Crippen LogP contribution in [0.5, 0.6) is 0 Å². The maximum absolute atomic E-state index is 12.1. The highest BCUT2D eigenvalue weighted by Crippen LogP contribution is 2.24. The molecule has 3 aromatic rings. The van der Waals surface area contributed by atoms with Crippen molar-refractivity contribution in [1.29, 1.82) is 0 Å². The smallest absolute Gasteiger partial charge is 0.267 e. The van der Waals surface area contributed by atoms with Crippen LogP contribution in [0.25, 0.3) is 11.3 Å². The Balaban J connectivity index is 1.74. The predicted octanol–water partition coefficient (Wildman–Crippen LogP) is 2.28. The summed E-state index contributed by atoms with van der Waals surface area (Å²) in [7, 11) is 0. The average molecular weight is 355 g/mol. The summed E-state index contributed by atoms with van der Waals surface area (Å²) in [4.78, 5) is 28.2. The number of hydrogen-bond acceptors (Lipinski definition) is 4. The van der Waals surface area contributed by atoms with Crippen molar-refractivity contribution in [3.8, 4) is 11.3 Å². The molecule has 126 valence electrons. The largest absolute Gasteiger partial charge is 0.349 e. The van der Waals surface area contributed by atoms with Gasteiger partial charge in [0.15, 0.2) is 0 Å². The van der Waals surface area contributed by atoms with E-state index in [1.165, 1.54) is 6.07 Å². The van der Waals surface area contributed by atoms with Gasteiger partial charge in [0.05, 0.1) is 23.0 Å². The zero-order chi connectivity index (χ0) is 17.6. The molecular formula is C18H15ClN4O2. The molecule has 3 rings (SSSR count). The summed E-state index contributed by atoms with van der Waals surface area (Å²) >= 11 is 6.16. The van der Waals surface area contributed by atoms with Crippen LogP contribution in [-0.2, 0) is 17.9 Å². The van der Waals surface area contributed by atoms with E-state index in [1.54, 1.807) is 30.5 Å². The van der Waals surface area contributed by atoms with Crippen LogP contribution in [0.4, 0.5) is 0 Å². The van der Waals surface area contributed by atoms with Gasteiger partial charge in [-0.25, -0.2) is 4.68 Å². The van der Waals surface area contributed by atoms with Crippen LogP contribution >= 0.6 is 11.6 Å². The molecule has 6 nitrogen and oxygen atoms in total. The first-order valence-corrected chi connectivity index (χ1v) is 8.01. The zero-order valence-electron chi connectivity index (χ0n) is 13.2. The molecule has 0 aliphatic rings. The minimum Gasteiger partial charge on any atom is -0.349 e. The molecule has 0 radical (unpaired) electrons. The van der Waals surface area contributed by atoms with Gasteiger partial charge < -0.3 is 5.32 Å². The number of aromatic nitrogens is 3. The second-order valence-corrected chi connectivity index (χ2v) is 5.70. The van der Waals surface area contributed by atoms with E-state index in [0.29, 0.717) is 22.8 Å². The van der Waals surface area contributed by atoms with Crippen molar-refractivity contribution < 1.29 is 4.79 Å². The summed E-state index contributed by atoms with van der Waals surface area (Å²) in [5.74, 6) is -0.323. The lowest BCUT2D eigenvalue weighted by Gasteiger charge is -2.09. The summed E-state index contributed by atoms with van der Waals surface area (Å²) in [6.45, 7) is 0.114. The molecule has 0 spiro atoms. The van der Waals surface area contributed by atoms with E-state index in [-0.39, 0.29) is 18.0 Å². The Morgan fingerprint density at radius 3 is 2.64 bits per heavy atom. The average Bonchev–Trinajstić information content (AvgIpc) is 2.63. The van der Waals surface area contributed by atoms with Crippen LogP contribution in [0.15, 0.2) is 65.6 Å². The summed E-state index contributed by atoms with van der Waals surface area (Å²) in [6, 6.07) is 15.6. The van der Waals surface area contributed by atoms with Gasteiger partial charge >= 0.3 is 0 Å². The monoisotopic (exact) mass is 354 g/mol. The molecule has 2 aromatic heterocycles. The molecular weight excluding hydrogens is 340 g/mol. The number of carbonyl (C=O) groups excluding carboxylic acids is 1. The van der Waals surface area contributed by atoms with E-state index >= 15 is 0 Å². The van der Waals surface area contributed by atoms with Gasteiger partial charge in [0.1, 0.15) is 6.54 Å². The number of carbonyl (C=O) groups is 1. The van der Waals surface area contributed by atoms with Crippen molar-refractivity contribution in [3.05, 3.63) is 81.9 Å². The van der Waals surface area contributed by atoms with Crippen LogP contribution in [0, 0.1) is 0 Å². The quantitative estimate of drug-likeness (QED) is 0.762. The number of halogens is 1. The highest BCUT2D eigenvalue weighted by molar-refractivity contribution is 6.33. The van der Waals surface area contributed by atoms with Crippen molar-refractivity contribution in [2.75, 3.05) is 0 Å². The SMILES string of the molecule is O=C(Cn1nc(-c2ccccc2Cl)ccc1=O)NCc1ccccn1. The third kappa shape index (κ3) is 4.30. The standard InChI is InChI=1S/C18H15ClN4O2/c19-15-7-2-1-6-14(15)16-8-9-18(25)23(22-16)12-17(24)21-11-13-5-3-4-10-20-13/h1-10H,11-12H2,(H,21,24). The van der Waals surface area contributed by atoms with Crippen LogP contribution in [0.1, 0.15) is 5.69 Å². The van der Waals surface area contributed by atoms with Crippen LogP contribution < -0.4 is 10.9 Å². The van der Waals surface area contributed by atoms with Gasteiger partial charge in [-0.15, -0.1) is 0 Å². The Labute approximate surface area is 149 Å². The number of pyridine rings is 1. The van der Waals surface area contributed by atoms with Gasteiger partial charge in [0.2, 0.25) is 5.91 Å². The maximum Gasteiger partial charge on any atom is 0.267 e. The lowest BCUT2D eigenvalue weighted by atomic mass is 10.1. The zero-order valence-corrected chi connectivity index (χ0v) is 14.0. The van der Waals surface area contributed by atoms with E-state index in [0.717, 1.165) is 10.4 Å². The van der Waals surface area contributed by atoms with E-state index < -0.39 is 0 Å². The van der Waals surface area contributed by atoms with Gasteiger partial charge in [-0.1, -0.05) is 35.9 Å². The van der Waals surface area contributed by atoms with Gasteiger partial charge in [-0.05, 0) is 24.3 Å². The molecule has 0 unspecified atom stereocenters. The molecule has 0 saturated heterocycles. The summed E-state index contributed by atoms with van der Waals surface area (Å²) < 4.78 is 1.12. The van der Waals surface area contributed by atoms with E-state index in [2.05, 4.69) is 15.4 Å². The lowest BCUT2D eigenvalue weighted by molar-refractivity contribution is -0.122. The molecule has 7 heteroatoms. The van der Waals surface area contributed by atoms with Gasteiger partial charge in [0.25, 0.3) is 5.56 Å². The fourth-order valence-electron chi connectivity index (χ4n) is 2.26. The number of nitrogens with zero attached hydrogens (tertiary/aromatic N) is 3. The van der Waals surface area contributed by atoms with Crippen molar-refractivity contribution in [2.45, 2.75) is 13.1 Å². The minimum absolute atomic E-state index is 0.177. The number of hydrogen-bond donors (Lipinski definition) is 1. The van der Waals surface area contributed by atoms with E-state index in [1.807, 2.05) is 24.3 Å². The number of amides is 1. The summed E-state index contributed by atoms with van der Waals surface area (Å²) in [5.41, 5.74) is 1.61. The Hall–Kier alpha value is -2.99. The van der Waals surface area contributed by atoms with E-state index in [9.17, 15) is 9.59 Å². The third-order valence-electron chi connectivity index (χ3n) is 3.50. The van der Waals surface area contributed by atoms with E-state index in [4.69, 9.17) is 11.6 Å².